The average molecular weight is 686 g/mol. The van der Waals surface area contributed by atoms with Gasteiger partial charge in [-0.1, -0.05) is 23.7 Å². The monoisotopic (exact) mass is 685 g/mol. The summed E-state index contributed by atoms with van der Waals surface area (Å²) >= 11 is 6.23. The minimum absolute atomic E-state index is 0.0393. The van der Waals surface area contributed by atoms with Gasteiger partial charge in [0, 0.05) is 75.0 Å². The predicted molar refractivity (Wildman–Crippen MR) is 180 cm³/mol. The van der Waals surface area contributed by atoms with Crippen LogP contribution in [0.2, 0.25) is 5.02 Å². The Hall–Kier alpha value is -3.12. The van der Waals surface area contributed by atoms with Crippen LogP contribution < -0.4 is 4.90 Å². The second-order valence-electron chi connectivity index (χ2n) is 14.7. The zero-order valence-electron chi connectivity index (χ0n) is 28.2. The van der Waals surface area contributed by atoms with Gasteiger partial charge in [0.05, 0.1) is 17.6 Å². The zero-order chi connectivity index (χ0) is 34.3. The molecule has 9 nitrogen and oxygen atoms in total. The molecule has 2 aromatic rings. The molecule has 3 amide bonds. The van der Waals surface area contributed by atoms with Crippen molar-refractivity contribution in [2.75, 3.05) is 64.4 Å². The fourth-order valence-corrected chi connectivity index (χ4v) is 7.80. The largest absolute Gasteiger partial charge is 0.368 e. The van der Waals surface area contributed by atoms with Gasteiger partial charge in [0.25, 0.3) is 5.91 Å². The van der Waals surface area contributed by atoms with Crippen LogP contribution in [-0.4, -0.2) is 121 Å². The van der Waals surface area contributed by atoms with Crippen LogP contribution >= 0.6 is 11.6 Å². The van der Waals surface area contributed by atoms with Crippen LogP contribution in [0.15, 0.2) is 42.5 Å². The van der Waals surface area contributed by atoms with Gasteiger partial charge in [0.1, 0.15) is 23.8 Å². The van der Waals surface area contributed by atoms with Crippen molar-refractivity contribution >= 4 is 35.0 Å². The smallest absolute Gasteiger partial charge is 0.256 e. The number of nitrogens with zero attached hydrogens (tertiary/aromatic N) is 5. The van der Waals surface area contributed by atoms with Gasteiger partial charge in [-0.25, -0.2) is 8.78 Å². The maximum Gasteiger partial charge on any atom is 0.256 e. The molecule has 5 atom stereocenters. The summed E-state index contributed by atoms with van der Waals surface area (Å²) in [5.41, 5.74) is 0.707. The van der Waals surface area contributed by atoms with Crippen molar-refractivity contribution in [2.24, 2.45) is 5.92 Å². The van der Waals surface area contributed by atoms with Crippen LogP contribution in [0.3, 0.4) is 0 Å². The molecule has 0 spiro atoms. The molecule has 12 heteroatoms. The zero-order valence-corrected chi connectivity index (χ0v) is 29.0. The standard InChI is InChI=1S/C36H46ClF2N5O4/c1-36(2,3)42-21-27(23-7-9-24(37)10-8-23)28(22-42)33(45)43-20-26(19-31(43)34(46)41-15-13-40(4)14-16-41)44(35(47)32-6-5-17-48-32)30-12-11-25(38)18-29(30)39/h7-12,18,26-28,31-32H,5-6,13-17,19-22H2,1-4H3/t26-,27-,28+,31-,32?/m0/s1. The molecule has 4 heterocycles. The number of benzene rings is 2. The third-order valence-corrected chi connectivity index (χ3v) is 10.8. The second-order valence-corrected chi connectivity index (χ2v) is 15.1. The first-order valence-corrected chi connectivity index (χ1v) is 17.4. The number of halogens is 3. The number of amides is 3. The van der Waals surface area contributed by atoms with Crippen molar-refractivity contribution in [3.05, 3.63) is 64.7 Å². The normalized spacial score (nSPS) is 27.1. The van der Waals surface area contributed by atoms with Crippen molar-refractivity contribution in [2.45, 2.75) is 69.7 Å². The molecule has 48 heavy (non-hydrogen) atoms. The maximum absolute atomic E-state index is 15.5. The second kappa shape index (κ2) is 14.0. The Morgan fingerprint density at radius 1 is 0.938 bits per heavy atom. The number of ether oxygens (including phenoxy) is 1. The first-order valence-electron chi connectivity index (χ1n) is 17.0. The molecule has 0 saturated carbocycles. The molecule has 0 radical (unpaired) electrons. The van der Waals surface area contributed by atoms with E-state index in [0.717, 1.165) is 17.7 Å². The summed E-state index contributed by atoms with van der Waals surface area (Å²) in [7, 11) is 2.01. The van der Waals surface area contributed by atoms with Crippen LogP contribution in [0, 0.1) is 17.6 Å². The summed E-state index contributed by atoms with van der Waals surface area (Å²) in [5.74, 6) is -3.03. The van der Waals surface area contributed by atoms with Gasteiger partial charge in [-0.2, -0.15) is 0 Å². The first kappa shape index (κ1) is 34.7. The van der Waals surface area contributed by atoms with Gasteiger partial charge >= 0.3 is 0 Å². The molecule has 4 aliphatic heterocycles. The summed E-state index contributed by atoms with van der Waals surface area (Å²) in [4.78, 5) is 52.5. The van der Waals surface area contributed by atoms with E-state index in [4.69, 9.17) is 16.3 Å². The van der Waals surface area contributed by atoms with E-state index in [2.05, 4.69) is 30.6 Å². The highest BCUT2D eigenvalue weighted by Gasteiger charge is 2.51. The number of carbonyl (C=O) groups is 3. The Balaban J connectivity index is 1.37. The van der Waals surface area contributed by atoms with E-state index >= 15 is 4.39 Å². The van der Waals surface area contributed by atoms with E-state index in [1.165, 1.54) is 11.0 Å². The molecule has 4 aliphatic rings. The van der Waals surface area contributed by atoms with Crippen LogP contribution in [0.1, 0.15) is 51.5 Å². The number of anilines is 1. The van der Waals surface area contributed by atoms with Crippen molar-refractivity contribution in [1.29, 1.82) is 0 Å². The van der Waals surface area contributed by atoms with E-state index in [1.54, 1.807) is 9.80 Å². The van der Waals surface area contributed by atoms with Gasteiger partial charge in [0.2, 0.25) is 11.8 Å². The minimum atomic E-state index is -0.882. The highest BCUT2D eigenvalue weighted by molar-refractivity contribution is 6.30. The molecule has 0 N–H and O–H groups in total. The molecule has 0 aromatic heterocycles. The Kier molecular flexibility index (Phi) is 10.1. The number of piperazine rings is 1. The van der Waals surface area contributed by atoms with Crippen molar-refractivity contribution in [3.8, 4) is 0 Å². The lowest BCUT2D eigenvalue weighted by Crippen LogP contribution is -2.54. The third kappa shape index (κ3) is 7.11. The molecule has 4 saturated heterocycles. The van der Waals surface area contributed by atoms with Crippen molar-refractivity contribution in [1.82, 2.24) is 19.6 Å². The lowest BCUT2D eigenvalue weighted by molar-refractivity contribution is -0.147. The number of likely N-dealkylation sites (tertiary alicyclic amines) is 2. The van der Waals surface area contributed by atoms with Crippen LogP contribution in [0.25, 0.3) is 0 Å². The van der Waals surface area contributed by atoms with E-state index in [9.17, 15) is 18.8 Å². The number of hydrogen-bond donors (Lipinski definition) is 0. The van der Waals surface area contributed by atoms with Gasteiger partial charge in [-0.05, 0) is 76.9 Å². The Bertz CT molecular complexity index is 1510. The number of rotatable bonds is 6. The maximum atomic E-state index is 15.5. The van der Waals surface area contributed by atoms with E-state index < -0.39 is 41.6 Å². The molecule has 1 unspecified atom stereocenters. The SMILES string of the molecule is CN1CCN(C(=O)[C@@H]2C[C@H](N(C(=O)C3CCCO3)c3ccc(F)cc3F)CN2C(=O)[C@@H]2CN(C(C)(C)C)C[C@H]2c2ccc(Cl)cc2)CC1. The fourth-order valence-electron chi connectivity index (χ4n) is 7.68. The van der Waals surface area contributed by atoms with Gasteiger partial charge in [-0.3, -0.25) is 19.3 Å². The molecule has 0 aliphatic carbocycles. The van der Waals surface area contributed by atoms with Crippen molar-refractivity contribution in [3.63, 3.8) is 0 Å². The predicted octanol–water partition coefficient (Wildman–Crippen LogP) is 4.39. The summed E-state index contributed by atoms with van der Waals surface area (Å²) in [5, 5.41) is 0.608. The van der Waals surface area contributed by atoms with E-state index in [1.807, 2.05) is 31.3 Å². The summed E-state index contributed by atoms with van der Waals surface area (Å²) in [6, 6.07) is 9.14. The van der Waals surface area contributed by atoms with Crippen LogP contribution in [0.4, 0.5) is 14.5 Å². The van der Waals surface area contributed by atoms with Gasteiger partial charge < -0.3 is 24.3 Å². The average Bonchev–Trinajstić information content (AvgIpc) is 3.83. The van der Waals surface area contributed by atoms with Crippen LogP contribution in [0.5, 0.6) is 0 Å². The number of carbonyl (C=O) groups excluding carboxylic acids is 3. The molecule has 260 valence electrons. The molecular formula is C36H46ClF2N5O4. The van der Waals surface area contributed by atoms with E-state index in [-0.39, 0.29) is 41.9 Å². The van der Waals surface area contributed by atoms with Crippen molar-refractivity contribution < 1.29 is 27.9 Å². The molecule has 0 bridgehead atoms. The first-order chi connectivity index (χ1) is 22.8. The molecule has 2 aromatic carbocycles. The summed E-state index contributed by atoms with van der Waals surface area (Å²) in [6.07, 6.45) is 0.516. The lowest BCUT2D eigenvalue weighted by atomic mass is 9.88. The Labute approximate surface area is 286 Å². The lowest BCUT2D eigenvalue weighted by Gasteiger charge is -2.36. The highest BCUT2D eigenvalue weighted by atomic mass is 35.5. The minimum Gasteiger partial charge on any atom is -0.368 e. The molecular weight excluding hydrogens is 640 g/mol. The van der Waals surface area contributed by atoms with Gasteiger partial charge in [0.15, 0.2) is 0 Å². The van der Waals surface area contributed by atoms with E-state index in [0.29, 0.717) is 63.7 Å². The highest BCUT2D eigenvalue weighted by Crippen LogP contribution is 2.40. The Morgan fingerprint density at radius 3 is 2.27 bits per heavy atom. The Morgan fingerprint density at radius 2 is 1.65 bits per heavy atom. The topological polar surface area (TPSA) is 76.6 Å². The quantitative estimate of drug-likeness (QED) is 0.450. The number of hydrogen-bond acceptors (Lipinski definition) is 6. The third-order valence-electron chi connectivity index (χ3n) is 10.5. The fraction of sp³-hybridized carbons (Fsp3) is 0.583. The van der Waals surface area contributed by atoms with Gasteiger partial charge in [-0.15, -0.1) is 0 Å². The molecule has 4 fully saturated rings. The molecule has 6 rings (SSSR count). The number of likely N-dealkylation sites (N-methyl/N-ethyl adjacent to an activating group) is 1. The summed E-state index contributed by atoms with van der Waals surface area (Å²) < 4.78 is 35.2. The summed E-state index contributed by atoms with van der Waals surface area (Å²) in [6.45, 7) is 10.4. The van der Waals surface area contributed by atoms with Crippen LogP contribution in [-0.2, 0) is 19.1 Å².